The van der Waals surface area contributed by atoms with Crippen LogP contribution in [0, 0.1) is 6.92 Å². The highest BCUT2D eigenvalue weighted by molar-refractivity contribution is 5.94. The van der Waals surface area contributed by atoms with E-state index in [2.05, 4.69) is 27.5 Å². The van der Waals surface area contributed by atoms with Crippen LogP contribution in [-0.2, 0) is 16.1 Å². The number of aromatic nitrogens is 2. The van der Waals surface area contributed by atoms with Gasteiger partial charge >= 0.3 is 24.3 Å². The van der Waals surface area contributed by atoms with E-state index in [1.807, 2.05) is 24.0 Å². The lowest BCUT2D eigenvalue weighted by Gasteiger charge is -2.22. The Morgan fingerprint density at radius 3 is 1.95 bits per heavy atom. The summed E-state index contributed by atoms with van der Waals surface area (Å²) >= 11 is 0. The van der Waals surface area contributed by atoms with Gasteiger partial charge < -0.3 is 20.0 Å². The maximum Gasteiger partial charge on any atom is 0.490 e. The predicted octanol–water partition coefficient (Wildman–Crippen LogP) is 3.70. The van der Waals surface area contributed by atoms with Gasteiger partial charge in [0.1, 0.15) is 5.82 Å². The van der Waals surface area contributed by atoms with Crippen molar-refractivity contribution in [2.24, 2.45) is 0 Å². The third-order valence-electron chi connectivity index (χ3n) is 4.44. The maximum absolute atomic E-state index is 12.7. The molecule has 0 radical (unpaired) electrons. The fraction of sp³-hybridized carbons (Fsp3) is 0.318. The summed E-state index contributed by atoms with van der Waals surface area (Å²) in [6.45, 7) is 8.50. The topological polar surface area (TPSA) is 124 Å². The first-order valence-electron chi connectivity index (χ1n) is 10.2. The summed E-state index contributed by atoms with van der Waals surface area (Å²) in [5.41, 5.74) is 2.71. The fourth-order valence-electron chi connectivity index (χ4n) is 2.79. The number of hydrogen-bond donors (Lipinski definition) is 2. The van der Waals surface area contributed by atoms with Crippen molar-refractivity contribution in [3.63, 3.8) is 0 Å². The summed E-state index contributed by atoms with van der Waals surface area (Å²) in [5.74, 6) is -4.53. The molecule has 37 heavy (non-hydrogen) atoms. The van der Waals surface area contributed by atoms with Crippen LogP contribution in [0.3, 0.4) is 0 Å². The molecule has 1 aliphatic rings. The number of aliphatic carboxylic acids is 2. The molecule has 1 aliphatic heterocycles. The Bertz CT molecular complexity index is 1070. The van der Waals surface area contributed by atoms with Crippen LogP contribution in [0.15, 0.2) is 49.3 Å². The number of pyridine rings is 2. The number of fused-ring (bicyclic) bond motifs is 1. The van der Waals surface area contributed by atoms with E-state index in [1.165, 1.54) is 0 Å². The van der Waals surface area contributed by atoms with Crippen molar-refractivity contribution in [1.82, 2.24) is 14.9 Å². The monoisotopic (exact) mass is 536 g/mol. The number of carboxylic acid groups (broad SMARTS) is 2. The number of hydrogen-bond acceptors (Lipinski definition) is 6. The summed E-state index contributed by atoms with van der Waals surface area (Å²) in [4.78, 5) is 43.2. The lowest BCUT2D eigenvalue weighted by atomic mass is 10.2. The van der Waals surface area contributed by atoms with E-state index in [9.17, 15) is 31.1 Å². The van der Waals surface area contributed by atoms with Crippen LogP contribution in [-0.4, -0.2) is 74.9 Å². The molecule has 0 bridgehead atoms. The number of halogens is 6. The smallest absolute Gasteiger partial charge is 0.475 e. The Morgan fingerprint density at radius 1 is 0.973 bits per heavy atom. The Kier molecular flexibility index (Phi) is 11.0. The van der Waals surface area contributed by atoms with Gasteiger partial charge in [-0.1, -0.05) is 12.1 Å². The molecule has 2 aromatic rings. The standard InChI is InChI=1S/C18H20N4O.2C2HF3O2/c1-3-10-21-11-12-22(18(23)15-6-8-19-9-7-15)13-16-5-4-14(2)20-17(16)21;2*3-2(4,5)1(6)7/h3-9H,1,10-13H2,2H3;2*(H,6,7). The lowest BCUT2D eigenvalue weighted by Crippen LogP contribution is -2.35. The maximum atomic E-state index is 12.7. The van der Waals surface area contributed by atoms with Crippen molar-refractivity contribution < 1.29 is 50.9 Å². The average Bonchev–Trinajstić information content (AvgIpc) is 2.98. The van der Waals surface area contributed by atoms with Gasteiger partial charge in [-0.3, -0.25) is 9.78 Å². The number of anilines is 1. The lowest BCUT2D eigenvalue weighted by molar-refractivity contribution is -0.193. The van der Waals surface area contributed by atoms with E-state index in [0.29, 0.717) is 18.7 Å². The molecule has 3 heterocycles. The minimum Gasteiger partial charge on any atom is -0.475 e. The van der Waals surface area contributed by atoms with Crippen molar-refractivity contribution in [1.29, 1.82) is 0 Å². The molecular formula is C22H22F6N4O5. The summed E-state index contributed by atoms with van der Waals surface area (Å²) in [6, 6.07) is 7.56. The number of carboxylic acids is 2. The van der Waals surface area contributed by atoms with Gasteiger partial charge in [-0.25, -0.2) is 14.6 Å². The number of alkyl halides is 6. The number of rotatable bonds is 3. The van der Waals surface area contributed by atoms with Crippen LogP contribution < -0.4 is 4.90 Å². The Morgan fingerprint density at radius 2 is 1.49 bits per heavy atom. The molecule has 0 spiro atoms. The van der Waals surface area contributed by atoms with Gasteiger partial charge in [0.15, 0.2) is 0 Å². The molecule has 0 aromatic carbocycles. The first kappa shape index (κ1) is 30.9. The Balaban J connectivity index is 0.000000404. The van der Waals surface area contributed by atoms with Crippen molar-refractivity contribution in [3.8, 4) is 0 Å². The summed E-state index contributed by atoms with van der Waals surface area (Å²) in [6.07, 6.45) is -5.00. The molecule has 0 fully saturated rings. The molecule has 0 aliphatic carbocycles. The highest BCUT2D eigenvalue weighted by atomic mass is 19.4. The first-order chi connectivity index (χ1) is 17.1. The second kappa shape index (κ2) is 13.2. The van der Waals surface area contributed by atoms with E-state index in [1.54, 1.807) is 24.5 Å². The molecule has 202 valence electrons. The quantitative estimate of drug-likeness (QED) is 0.450. The molecule has 1 amide bonds. The van der Waals surface area contributed by atoms with Crippen LogP contribution in [0.25, 0.3) is 0 Å². The molecule has 2 N–H and O–H groups in total. The van der Waals surface area contributed by atoms with Gasteiger partial charge in [-0.05, 0) is 25.1 Å². The van der Waals surface area contributed by atoms with Crippen LogP contribution in [0.5, 0.6) is 0 Å². The first-order valence-corrected chi connectivity index (χ1v) is 10.2. The van der Waals surface area contributed by atoms with Crippen LogP contribution in [0.1, 0.15) is 21.6 Å². The number of carbonyl (C=O) groups is 3. The zero-order valence-corrected chi connectivity index (χ0v) is 19.3. The van der Waals surface area contributed by atoms with Crippen LogP contribution >= 0.6 is 0 Å². The zero-order valence-electron chi connectivity index (χ0n) is 19.3. The molecule has 2 aromatic heterocycles. The van der Waals surface area contributed by atoms with Crippen molar-refractivity contribution >= 4 is 23.7 Å². The molecule has 0 atom stereocenters. The minimum atomic E-state index is -5.08. The molecule has 0 saturated heterocycles. The predicted molar refractivity (Wildman–Crippen MR) is 118 cm³/mol. The van der Waals surface area contributed by atoms with Crippen LogP contribution in [0.2, 0.25) is 0 Å². The average molecular weight is 536 g/mol. The highest BCUT2D eigenvalue weighted by Crippen LogP contribution is 2.24. The number of nitrogens with zero attached hydrogens (tertiary/aromatic N) is 4. The van der Waals surface area contributed by atoms with Crippen molar-refractivity contribution in [2.75, 3.05) is 24.5 Å². The highest BCUT2D eigenvalue weighted by Gasteiger charge is 2.38. The number of amides is 1. The molecule has 3 rings (SSSR count). The third kappa shape index (κ3) is 10.1. The molecule has 15 heteroatoms. The third-order valence-corrected chi connectivity index (χ3v) is 4.44. The number of aryl methyl sites for hydroxylation is 1. The van der Waals surface area contributed by atoms with Gasteiger partial charge in [-0.2, -0.15) is 26.3 Å². The summed E-state index contributed by atoms with van der Waals surface area (Å²) < 4.78 is 63.5. The van der Waals surface area contributed by atoms with Gasteiger partial charge in [0.2, 0.25) is 0 Å². The fourth-order valence-corrected chi connectivity index (χ4v) is 2.79. The molecule has 0 unspecified atom stereocenters. The molecule has 0 saturated carbocycles. The van der Waals surface area contributed by atoms with Crippen molar-refractivity contribution in [2.45, 2.75) is 25.8 Å². The van der Waals surface area contributed by atoms with E-state index in [0.717, 1.165) is 30.2 Å². The van der Waals surface area contributed by atoms with Gasteiger partial charge in [-0.15, -0.1) is 6.58 Å². The second-order valence-corrected chi connectivity index (χ2v) is 7.24. The van der Waals surface area contributed by atoms with Gasteiger partial charge in [0, 0.05) is 55.4 Å². The van der Waals surface area contributed by atoms with Crippen molar-refractivity contribution in [3.05, 3.63) is 66.1 Å². The van der Waals surface area contributed by atoms with E-state index >= 15 is 0 Å². The molecular weight excluding hydrogens is 514 g/mol. The molecule has 9 nitrogen and oxygen atoms in total. The Labute approximate surface area is 206 Å². The SMILES string of the molecule is C=CCN1CCN(C(=O)c2ccncc2)Cc2ccc(C)nc21.O=C(O)C(F)(F)F.O=C(O)C(F)(F)F. The summed E-state index contributed by atoms with van der Waals surface area (Å²) in [7, 11) is 0. The summed E-state index contributed by atoms with van der Waals surface area (Å²) in [5, 5.41) is 14.2. The van der Waals surface area contributed by atoms with Crippen LogP contribution in [0.4, 0.5) is 32.2 Å². The normalized spacial score (nSPS) is 13.1. The van der Waals surface area contributed by atoms with E-state index in [4.69, 9.17) is 19.8 Å². The second-order valence-electron chi connectivity index (χ2n) is 7.24. The van der Waals surface area contributed by atoms with E-state index < -0.39 is 24.3 Å². The Hall–Kier alpha value is -4.17. The minimum absolute atomic E-state index is 0.0272. The zero-order chi connectivity index (χ0) is 28.4. The van der Waals surface area contributed by atoms with Gasteiger partial charge in [0.05, 0.1) is 0 Å². The van der Waals surface area contributed by atoms with E-state index in [-0.39, 0.29) is 5.91 Å². The largest absolute Gasteiger partial charge is 0.490 e. The number of carbonyl (C=O) groups excluding carboxylic acids is 1. The van der Waals surface area contributed by atoms with Gasteiger partial charge in [0.25, 0.3) is 5.91 Å².